The maximum Gasteiger partial charge on any atom is 0.256 e. The number of anilines is 3. The van der Waals surface area contributed by atoms with Gasteiger partial charge < -0.3 is 20.7 Å². The van der Waals surface area contributed by atoms with Crippen molar-refractivity contribution in [1.29, 1.82) is 0 Å². The molecule has 10 heteroatoms. The van der Waals surface area contributed by atoms with Crippen LogP contribution >= 0.6 is 0 Å². The SMILES string of the molecule is [2H]C([2H])([2H])NC(=O)c1c(Nc2cc(F)cc(-c3ncccn3)c2OC)ccnc1NC(=O)C1CC1. The van der Waals surface area contributed by atoms with E-state index in [-0.39, 0.29) is 51.7 Å². The first kappa shape index (κ1) is 17.6. The molecule has 1 fully saturated rings. The molecule has 32 heavy (non-hydrogen) atoms. The predicted molar refractivity (Wildman–Crippen MR) is 116 cm³/mol. The van der Waals surface area contributed by atoms with Crippen LogP contribution in [0.3, 0.4) is 0 Å². The Hall–Kier alpha value is -4.08. The normalized spacial score (nSPS) is 14.5. The third kappa shape index (κ3) is 4.34. The Kier molecular flexibility index (Phi) is 4.93. The lowest BCUT2D eigenvalue weighted by Crippen LogP contribution is -2.24. The van der Waals surface area contributed by atoms with Crippen LogP contribution in [0.5, 0.6) is 5.75 Å². The first-order chi connectivity index (χ1) is 16.7. The second kappa shape index (κ2) is 8.96. The van der Waals surface area contributed by atoms with Crippen LogP contribution in [0.25, 0.3) is 11.4 Å². The fourth-order valence-electron chi connectivity index (χ4n) is 3.17. The summed E-state index contributed by atoms with van der Waals surface area (Å²) in [5.74, 6) is -1.91. The minimum absolute atomic E-state index is 0.0664. The highest BCUT2D eigenvalue weighted by atomic mass is 19.1. The van der Waals surface area contributed by atoms with E-state index < -0.39 is 18.7 Å². The van der Waals surface area contributed by atoms with Crippen molar-refractivity contribution in [3.63, 3.8) is 0 Å². The number of hydrogen-bond donors (Lipinski definition) is 3. The molecule has 0 saturated heterocycles. The summed E-state index contributed by atoms with van der Waals surface area (Å²) in [6, 6.07) is 5.35. The van der Waals surface area contributed by atoms with Crippen LogP contribution in [0.2, 0.25) is 0 Å². The van der Waals surface area contributed by atoms with Crippen LogP contribution in [-0.2, 0) is 4.79 Å². The van der Waals surface area contributed by atoms with Gasteiger partial charge in [-0.1, -0.05) is 0 Å². The van der Waals surface area contributed by atoms with Gasteiger partial charge in [0.25, 0.3) is 5.91 Å². The Balaban J connectivity index is 1.79. The fraction of sp³-hybridized carbons (Fsp3) is 0.227. The number of pyridine rings is 1. The van der Waals surface area contributed by atoms with Crippen LogP contribution in [0, 0.1) is 11.7 Å². The average Bonchev–Trinajstić information content (AvgIpc) is 3.64. The summed E-state index contributed by atoms with van der Waals surface area (Å²) in [5.41, 5.74) is 0.196. The molecule has 1 aromatic carbocycles. The van der Waals surface area contributed by atoms with E-state index in [1.165, 1.54) is 37.8 Å². The lowest BCUT2D eigenvalue weighted by atomic mass is 10.1. The Morgan fingerprint density at radius 3 is 2.62 bits per heavy atom. The second-order valence-corrected chi connectivity index (χ2v) is 7.03. The third-order valence-electron chi connectivity index (χ3n) is 4.82. The zero-order valence-electron chi connectivity index (χ0n) is 20.0. The van der Waals surface area contributed by atoms with Gasteiger partial charge in [0.15, 0.2) is 11.6 Å². The topological polar surface area (TPSA) is 118 Å². The van der Waals surface area contributed by atoms with E-state index >= 15 is 0 Å². The third-order valence-corrected chi connectivity index (χ3v) is 4.82. The molecular formula is C22H21FN6O3. The fourth-order valence-corrected chi connectivity index (χ4v) is 3.17. The summed E-state index contributed by atoms with van der Waals surface area (Å²) in [6.07, 6.45) is 5.74. The number of rotatable bonds is 7. The monoisotopic (exact) mass is 439 g/mol. The van der Waals surface area contributed by atoms with E-state index in [9.17, 15) is 14.0 Å². The Morgan fingerprint density at radius 1 is 1.16 bits per heavy atom. The molecule has 1 aliphatic carbocycles. The van der Waals surface area contributed by atoms with Crippen LogP contribution in [-0.4, -0.2) is 40.9 Å². The zero-order chi connectivity index (χ0) is 25.2. The summed E-state index contributed by atoms with van der Waals surface area (Å²) in [5, 5.41) is 7.40. The molecular weight excluding hydrogens is 415 g/mol. The maximum atomic E-state index is 14.6. The molecule has 2 heterocycles. The van der Waals surface area contributed by atoms with Crippen molar-refractivity contribution in [2.75, 3.05) is 24.7 Å². The van der Waals surface area contributed by atoms with Gasteiger partial charge in [-0.25, -0.2) is 19.3 Å². The number of methoxy groups -OCH3 is 1. The highest BCUT2D eigenvalue weighted by Crippen LogP contribution is 2.39. The highest BCUT2D eigenvalue weighted by Gasteiger charge is 2.31. The quantitative estimate of drug-likeness (QED) is 0.518. The molecule has 0 spiro atoms. The van der Waals surface area contributed by atoms with E-state index in [4.69, 9.17) is 8.85 Å². The van der Waals surface area contributed by atoms with Crippen molar-refractivity contribution in [2.45, 2.75) is 12.8 Å². The number of nitrogens with one attached hydrogen (secondary N) is 3. The van der Waals surface area contributed by atoms with Crippen LogP contribution < -0.4 is 20.7 Å². The molecule has 2 amide bonds. The first-order valence-electron chi connectivity index (χ1n) is 11.2. The predicted octanol–water partition coefficient (Wildman–Crippen LogP) is 3.14. The van der Waals surface area contributed by atoms with Gasteiger partial charge in [0.2, 0.25) is 5.91 Å². The van der Waals surface area contributed by atoms with E-state index in [1.807, 2.05) is 5.32 Å². The van der Waals surface area contributed by atoms with Crippen molar-refractivity contribution in [1.82, 2.24) is 20.3 Å². The minimum atomic E-state index is -2.80. The maximum absolute atomic E-state index is 14.6. The van der Waals surface area contributed by atoms with Gasteiger partial charge >= 0.3 is 0 Å². The lowest BCUT2D eigenvalue weighted by molar-refractivity contribution is -0.117. The summed E-state index contributed by atoms with van der Waals surface area (Å²) in [4.78, 5) is 37.6. The van der Waals surface area contributed by atoms with Crippen molar-refractivity contribution in [2.24, 2.45) is 5.92 Å². The number of benzene rings is 1. The van der Waals surface area contributed by atoms with E-state index in [2.05, 4.69) is 25.6 Å². The lowest BCUT2D eigenvalue weighted by Gasteiger charge is -2.18. The van der Waals surface area contributed by atoms with Crippen molar-refractivity contribution < 1.29 is 22.8 Å². The summed E-state index contributed by atoms with van der Waals surface area (Å²) in [6.45, 7) is -2.80. The number of amides is 2. The van der Waals surface area contributed by atoms with Crippen molar-refractivity contribution in [3.05, 3.63) is 54.2 Å². The molecule has 3 N–H and O–H groups in total. The Morgan fingerprint density at radius 2 is 1.94 bits per heavy atom. The first-order valence-corrected chi connectivity index (χ1v) is 9.70. The molecule has 0 bridgehead atoms. The van der Waals surface area contributed by atoms with Gasteiger partial charge in [0, 0.05) is 41.7 Å². The largest absolute Gasteiger partial charge is 0.494 e. The molecule has 1 aliphatic rings. The molecule has 0 radical (unpaired) electrons. The smallest absolute Gasteiger partial charge is 0.256 e. The molecule has 0 atom stereocenters. The van der Waals surface area contributed by atoms with Gasteiger partial charge in [-0.15, -0.1) is 0 Å². The van der Waals surface area contributed by atoms with Gasteiger partial charge in [-0.2, -0.15) is 0 Å². The number of aromatic nitrogens is 3. The number of hydrogen-bond acceptors (Lipinski definition) is 7. The molecule has 4 rings (SSSR count). The standard InChI is InChI=1S/C22H21FN6O3/c1-24-22(31)17-15(6-9-27-20(17)29-21(30)12-4-5-12)28-16-11-13(23)10-14(18(16)32-2)19-25-7-3-8-26-19/h3,6-12H,4-5H2,1-2H3,(H,24,31)(H2,27,28,29,30)/i1D3. The van der Waals surface area contributed by atoms with E-state index in [0.717, 1.165) is 6.07 Å². The van der Waals surface area contributed by atoms with Crippen molar-refractivity contribution >= 4 is 29.0 Å². The van der Waals surface area contributed by atoms with Crippen LogP contribution in [0.15, 0.2) is 42.9 Å². The zero-order valence-corrected chi connectivity index (χ0v) is 17.0. The van der Waals surface area contributed by atoms with Gasteiger partial charge in [-0.05, 0) is 31.0 Å². The summed E-state index contributed by atoms with van der Waals surface area (Å²) < 4.78 is 42.3. The number of halogens is 1. The minimum Gasteiger partial charge on any atom is -0.494 e. The molecule has 164 valence electrons. The summed E-state index contributed by atoms with van der Waals surface area (Å²) in [7, 11) is 1.38. The molecule has 1 saturated carbocycles. The van der Waals surface area contributed by atoms with Gasteiger partial charge in [0.05, 0.1) is 24.0 Å². The van der Waals surface area contributed by atoms with Crippen LogP contribution in [0.4, 0.5) is 21.6 Å². The van der Waals surface area contributed by atoms with Gasteiger partial charge in [0.1, 0.15) is 17.2 Å². The van der Waals surface area contributed by atoms with E-state index in [1.54, 1.807) is 6.07 Å². The molecule has 3 aromatic rings. The highest BCUT2D eigenvalue weighted by molar-refractivity contribution is 6.08. The number of ether oxygens (including phenoxy) is 1. The van der Waals surface area contributed by atoms with E-state index in [0.29, 0.717) is 12.8 Å². The number of nitrogens with zero attached hydrogens (tertiary/aromatic N) is 3. The second-order valence-electron chi connectivity index (χ2n) is 7.03. The average molecular weight is 439 g/mol. The van der Waals surface area contributed by atoms with Crippen molar-refractivity contribution in [3.8, 4) is 17.1 Å². The molecule has 9 nitrogen and oxygen atoms in total. The van der Waals surface area contributed by atoms with Gasteiger partial charge in [-0.3, -0.25) is 9.59 Å². The molecule has 0 unspecified atom stereocenters. The molecule has 0 aliphatic heterocycles. The number of carbonyl (C=O) groups is 2. The van der Waals surface area contributed by atoms with Crippen LogP contribution in [0.1, 0.15) is 27.3 Å². The Labute approximate surface area is 187 Å². The molecule has 2 aromatic heterocycles. The number of carbonyl (C=O) groups excluding carboxylic acids is 2. The summed E-state index contributed by atoms with van der Waals surface area (Å²) >= 11 is 0. The Bertz CT molecular complexity index is 1270.